The van der Waals surface area contributed by atoms with Gasteiger partial charge in [0.15, 0.2) is 0 Å². The zero-order valence-corrected chi connectivity index (χ0v) is 23.5. The molecular formula is C32H48O6. The van der Waals surface area contributed by atoms with Gasteiger partial charge >= 0.3 is 5.97 Å². The highest BCUT2D eigenvalue weighted by Gasteiger charge is 2.65. The van der Waals surface area contributed by atoms with Gasteiger partial charge in [-0.2, -0.15) is 0 Å². The number of fused-ring (bicyclic) bond motifs is 5. The molecule has 0 aromatic heterocycles. The number of hydrogen-bond donors (Lipinski definition) is 4. The van der Waals surface area contributed by atoms with Crippen LogP contribution in [0.4, 0.5) is 0 Å². The molecule has 4 fully saturated rings. The highest BCUT2D eigenvalue weighted by Crippen LogP contribution is 2.68. The summed E-state index contributed by atoms with van der Waals surface area (Å²) in [6.07, 6.45) is 4.24. The summed E-state index contributed by atoms with van der Waals surface area (Å²) in [5, 5.41) is 44.9. The molecule has 4 N–H and O–H groups in total. The number of aliphatic hydroxyl groups excluding tert-OH is 4. The second-order valence-electron chi connectivity index (χ2n) is 13.7. The van der Waals surface area contributed by atoms with Crippen molar-refractivity contribution in [3.05, 3.63) is 35.9 Å². The molecule has 4 aliphatic rings. The minimum atomic E-state index is -0.949. The number of aliphatic hydroxyl groups is 4. The van der Waals surface area contributed by atoms with Crippen molar-refractivity contribution in [2.45, 2.75) is 96.6 Å². The van der Waals surface area contributed by atoms with Gasteiger partial charge in [-0.25, -0.2) is 0 Å². The Hall–Kier alpha value is -1.47. The molecule has 0 bridgehead atoms. The molecule has 6 nitrogen and oxygen atoms in total. The lowest BCUT2D eigenvalue weighted by Gasteiger charge is -2.63. The highest BCUT2D eigenvalue weighted by molar-refractivity contribution is 5.73. The maximum atomic E-state index is 12.8. The van der Waals surface area contributed by atoms with Crippen molar-refractivity contribution in [3.8, 4) is 0 Å². The molecule has 0 heterocycles. The summed E-state index contributed by atoms with van der Waals surface area (Å²) in [6.45, 7) is 6.73. The maximum absolute atomic E-state index is 12.8. The number of rotatable bonds is 6. The Kier molecular flexibility index (Phi) is 7.75. The number of carbonyl (C=O) groups excluding carboxylic acids is 1. The van der Waals surface area contributed by atoms with Gasteiger partial charge in [0.05, 0.1) is 37.4 Å². The molecule has 13 atom stereocenters. The first kappa shape index (κ1) is 28.1. The minimum Gasteiger partial charge on any atom is -0.469 e. The highest BCUT2D eigenvalue weighted by atomic mass is 16.5. The summed E-state index contributed by atoms with van der Waals surface area (Å²) in [5.74, 6) is 0.129. The number of ether oxygens (including phenoxy) is 1. The van der Waals surface area contributed by atoms with E-state index in [0.29, 0.717) is 24.3 Å². The van der Waals surface area contributed by atoms with Crippen molar-refractivity contribution in [2.75, 3.05) is 7.11 Å². The lowest BCUT2D eigenvalue weighted by molar-refractivity contribution is -0.207. The Labute approximate surface area is 227 Å². The van der Waals surface area contributed by atoms with Crippen molar-refractivity contribution in [1.82, 2.24) is 0 Å². The average molecular weight is 529 g/mol. The fourth-order valence-electron chi connectivity index (χ4n) is 10.1. The van der Waals surface area contributed by atoms with Crippen molar-refractivity contribution >= 4 is 5.97 Å². The van der Waals surface area contributed by atoms with Gasteiger partial charge in [0.1, 0.15) is 0 Å². The summed E-state index contributed by atoms with van der Waals surface area (Å²) in [4.78, 5) is 12.8. The van der Waals surface area contributed by atoms with Crippen LogP contribution >= 0.6 is 0 Å². The quantitative estimate of drug-likeness (QED) is 0.405. The van der Waals surface area contributed by atoms with Gasteiger partial charge in [-0.05, 0) is 103 Å². The van der Waals surface area contributed by atoms with Crippen LogP contribution in [0.2, 0.25) is 0 Å². The monoisotopic (exact) mass is 528 g/mol. The van der Waals surface area contributed by atoms with E-state index in [1.54, 1.807) is 0 Å². The Morgan fingerprint density at radius 2 is 1.74 bits per heavy atom. The molecule has 1 aromatic carbocycles. The van der Waals surface area contributed by atoms with Crippen LogP contribution in [0.1, 0.15) is 83.8 Å². The van der Waals surface area contributed by atoms with Gasteiger partial charge in [0.2, 0.25) is 0 Å². The number of hydrogen-bond acceptors (Lipinski definition) is 6. The fraction of sp³-hybridized carbons (Fsp3) is 0.781. The zero-order valence-electron chi connectivity index (χ0n) is 23.5. The standard InChI is InChI=1S/C32H48O6/c1-18(14-22(30(37)38-4)29(36)19-8-6-5-7-9-19)23-10-11-24-28-25(17-27(35)32(23,24)3)31(2)13-12-21(33)15-20(31)16-26(28)34/h5-9,18,20-29,33-36H,10-17H2,1-4H3/t18-,20+,21-,22-,23-,24+,25+,26-,27+,28+,29+,31+,32-/m1/s1. The topological polar surface area (TPSA) is 107 Å². The van der Waals surface area contributed by atoms with Gasteiger partial charge < -0.3 is 25.2 Å². The SMILES string of the molecule is COC(=O)[C@H](C[C@@H](C)[C@H]1CC[C@H]2[C@@H]3[C@H](O)C[C@@H]4C[C@H](O)CC[C@]4(C)[C@H]3C[C@H](O)[C@]12C)[C@@H](O)c1ccccc1. The summed E-state index contributed by atoms with van der Waals surface area (Å²) >= 11 is 0. The Morgan fingerprint density at radius 3 is 2.42 bits per heavy atom. The van der Waals surface area contributed by atoms with Crippen molar-refractivity contribution < 1.29 is 30.0 Å². The van der Waals surface area contributed by atoms with Gasteiger partial charge in [-0.15, -0.1) is 0 Å². The van der Waals surface area contributed by atoms with E-state index in [2.05, 4.69) is 20.8 Å². The van der Waals surface area contributed by atoms with E-state index < -0.39 is 30.2 Å². The molecule has 0 radical (unpaired) electrons. The molecule has 5 rings (SSSR count). The molecule has 0 spiro atoms. The molecule has 212 valence electrons. The molecule has 6 heteroatoms. The lowest BCUT2D eigenvalue weighted by atomic mass is 9.43. The van der Waals surface area contributed by atoms with Gasteiger partial charge in [-0.3, -0.25) is 4.79 Å². The molecular weight excluding hydrogens is 480 g/mol. The van der Waals surface area contributed by atoms with E-state index in [1.807, 2.05) is 30.3 Å². The van der Waals surface area contributed by atoms with Gasteiger partial charge in [0, 0.05) is 0 Å². The third-order valence-corrected chi connectivity index (χ3v) is 12.2. The van der Waals surface area contributed by atoms with Crippen LogP contribution in [0.15, 0.2) is 30.3 Å². The number of carbonyl (C=O) groups is 1. The third kappa shape index (κ3) is 4.44. The molecule has 1 aromatic rings. The molecule has 0 aliphatic heterocycles. The van der Waals surface area contributed by atoms with Crippen LogP contribution in [0.3, 0.4) is 0 Å². The van der Waals surface area contributed by atoms with E-state index in [0.717, 1.165) is 38.5 Å². The summed E-state index contributed by atoms with van der Waals surface area (Å²) in [5.41, 5.74) is 0.402. The average Bonchev–Trinajstić information content (AvgIpc) is 3.27. The smallest absolute Gasteiger partial charge is 0.311 e. The number of benzene rings is 1. The van der Waals surface area contributed by atoms with Crippen LogP contribution < -0.4 is 0 Å². The first-order chi connectivity index (χ1) is 18.0. The van der Waals surface area contributed by atoms with Gasteiger partial charge in [-0.1, -0.05) is 51.1 Å². The van der Waals surface area contributed by atoms with Crippen LogP contribution in [0.25, 0.3) is 0 Å². The fourth-order valence-corrected chi connectivity index (χ4v) is 10.1. The molecule has 0 amide bonds. The predicted molar refractivity (Wildman–Crippen MR) is 145 cm³/mol. The van der Waals surface area contributed by atoms with E-state index in [9.17, 15) is 25.2 Å². The van der Waals surface area contributed by atoms with Crippen LogP contribution in [0, 0.1) is 52.3 Å². The normalized spacial score (nSPS) is 44.7. The molecule has 4 saturated carbocycles. The van der Waals surface area contributed by atoms with Gasteiger partial charge in [0.25, 0.3) is 0 Å². The van der Waals surface area contributed by atoms with Crippen LogP contribution in [0.5, 0.6) is 0 Å². The van der Waals surface area contributed by atoms with E-state index in [4.69, 9.17) is 4.74 Å². The number of esters is 1. The Morgan fingerprint density at radius 1 is 1.03 bits per heavy atom. The van der Waals surface area contributed by atoms with E-state index in [-0.39, 0.29) is 46.5 Å². The van der Waals surface area contributed by atoms with Crippen molar-refractivity contribution in [1.29, 1.82) is 0 Å². The molecule has 0 unspecified atom stereocenters. The minimum absolute atomic E-state index is 0.0465. The summed E-state index contributed by atoms with van der Waals surface area (Å²) in [6, 6.07) is 9.29. The van der Waals surface area contributed by atoms with E-state index >= 15 is 0 Å². The lowest BCUT2D eigenvalue weighted by Crippen LogP contribution is -2.62. The Balaban J connectivity index is 1.39. The van der Waals surface area contributed by atoms with Crippen LogP contribution in [-0.2, 0) is 9.53 Å². The first-order valence-electron chi connectivity index (χ1n) is 14.9. The molecule has 0 saturated heterocycles. The first-order valence-corrected chi connectivity index (χ1v) is 14.9. The van der Waals surface area contributed by atoms with Crippen molar-refractivity contribution in [2.24, 2.45) is 52.3 Å². The molecule has 4 aliphatic carbocycles. The van der Waals surface area contributed by atoms with E-state index in [1.165, 1.54) is 7.11 Å². The second kappa shape index (κ2) is 10.5. The third-order valence-electron chi connectivity index (χ3n) is 12.2. The zero-order chi connectivity index (χ0) is 27.4. The largest absolute Gasteiger partial charge is 0.469 e. The second-order valence-corrected chi connectivity index (χ2v) is 13.7. The maximum Gasteiger partial charge on any atom is 0.311 e. The Bertz CT molecular complexity index is 983. The summed E-state index contributed by atoms with van der Waals surface area (Å²) < 4.78 is 5.13. The molecule has 38 heavy (non-hydrogen) atoms. The number of methoxy groups -OCH3 is 1. The summed E-state index contributed by atoms with van der Waals surface area (Å²) in [7, 11) is 1.37. The van der Waals surface area contributed by atoms with Crippen molar-refractivity contribution in [3.63, 3.8) is 0 Å². The predicted octanol–water partition coefficient (Wildman–Crippen LogP) is 4.50. The van der Waals surface area contributed by atoms with Crippen LogP contribution in [-0.4, -0.2) is 51.8 Å².